The van der Waals surface area contributed by atoms with E-state index in [4.69, 9.17) is 14.2 Å². The number of carbonyl (C=O) groups is 1. The lowest BCUT2D eigenvalue weighted by Crippen LogP contribution is -2.19. The molecule has 0 saturated carbocycles. The zero-order chi connectivity index (χ0) is 17.8. The molecule has 1 aliphatic rings. The molecule has 1 saturated heterocycles. The number of benzene rings is 2. The summed E-state index contributed by atoms with van der Waals surface area (Å²) in [6, 6.07) is 15.3. The quantitative estimate of drug-likeness (QED) is 0.818. The van der Waals surface area contributed by atoms with Gasteiger partial charge in [0.2, 0.25) is 0 Å². The van der Waals surface area contributed by atoms with Gasteiger partial charge < -0.3 is 19.3 Å². The van der Waals surface area contributed by atoms with Gasteiger partial charge in [-0.2, -0.15) is 0 Å². The largest absolute Gasteiger partial charge is 0.497 e. The summed E-state index contributed by atoms with van der Waals surface area (Å²) in [7, 11) is 1.64. The van der Waals surface area contributed by atoms with Crippen LogP contribution in [0, 0.1) is 5.92 Å². The van der Waals surface area contributed by atoms with Crippen LogP contribution in [0.2, 0.25) is 0 Å². The summed E-state index contributed by atoms with van der Waals surface area (Å²) in [5.74, 6) is -0.0228. The van der Waals surface area contributed by atoms with E-state index in [1.165, 1.54) is 0 Å². The molecule has 3 rings (SSSR count). The minimum absolute atomic E-state index is 0.357. The van der Waals surface area contributed by atoms with E-state index < -0.39 is 18.1 Å². The first-order valence-corrected chi connectivity index (χ1v) is 8.26. The van der Waals surface area contributed by atoms with Crippen molar-refractivity contribution in [3.05, 3.63) is 65.2 Å². The molecule has 0 radical (unpaired) electrons. The average molecular weight is 342 g/mol. The average Bonchev–Trinajstić information content (AvgIpc) is 2.90. The van der Waals surface area contributed by atoms with E-state index in [1.807, 2.05) is 48.5 Å². The van der Waals surface area contributed by atoms with Gasteiger partial charge in [0.05, 0.1) is 26.2 Å². The van der Waals surface area contributed by atoms with E-state index in [-0.39, 0.29) is 5.97 Å². The lowest BCUT2D eigenvalue weighted by Gasteiger charge is -2.15. The van der Waals surface area contributed by atoms with Crippen molar-refractivity contribution < 1.29 is 24.1 Å². The Kier molecular flexibility index (Phi) is 5.36. The normalized spacial score (nSPS) is 22.7. The van der Waals surface area contributed by atoms with Gasteiger partial charge in [-0.05, 0) is 35.7 Å². The summed E-state index contributed by atoms with van der Waals surface area (Å²) in [6.07, 6.45) is -1.39. The molecule has 1 aliphatic heterocycles. The summed E-state index contributed by atoms with van der Waals surface area (Å²) in [5, 5.41) is 10.1. The van der Waals surface area contributed by atoms with Gasteiger partial charge in [-0.25, -0.2) is 0 Å². The number of cyclic esters (lactones) is 1. The molecule has 5 nitrogen and oxygen atoms in total. The van der Waals surface area contributed by atoms with E-state index in [2.05, 4.69) is 0 Å². The van der Waals surface area contributed by atoms with Crippen molar-refractivity contribution in [1.82, 2.24) is 0 Å². The van der Waals surface area contributed by atoms with Crippen molar-refractivity contribution in [1.29, 1.82) is 0 Å². The Morgan fingerprint density at radius 2 is 1.56 bits per heavy atom. The van der Waals surface area contributed by atoms with Crippen LogP contribution in [0.25, 0.3) is 0 Å². The lowest BCUT2D eigenvalue weighted by atomic mass is 9.97. The van der Waals surface area contributed by atoms with Gasteiger partial charge in [0.25, 0.3) is 0 Å². The summed E-state index contributed by atoms with van der Waals surface area (Å²) in [4.78, 5) is 11.5. The van der Waals surface area contributed by atoms with Crippen LogP contribution in [-0.2, 0) is 27.5 Å². The Morgan fingerprint density at radius 3 is 2.04 bits per heavy atom. The Morgan fingerprint density at radius 1 is 1.00 bits per heavy atom. The fourth-order valence-corrected chi connectivity index (χ4v) is 2.78. The third kappa shape index (κ3) is 4.00. The van der Waals surface area contributed by atoms with Gasteiger partial charge in [0, 0.05) is 0 Å². The molecule has 0 aromatic heterocycles. The summed E-state index contributed by atoms with van der Waals surface area (Å²) >= 11 is 0. The molecule has 5 heteroatoms. The SMILES string of the molecule is COc1ccc(COCc2ccc([C@H]3OC(=O)[C@H](C)[C@H]3O)cc2)cc1. The predicted molar refractivity (Wildman–Crippen MR) is 91.9 cm³/mol. The molecular formula is C20H22O5. The van der Waals surface area contributed by atoms with Crippen molar-refractivity contribution in [2.45, 2.75) is 32.3 Å². The highest BCUT2D eigenvalue weighted by molar-refractivity contribution is 5.75. The fourth-order valence-electron chi connectivity index (χ4n) is 2.78. The second kappa shape index (κ2) is 7.68. The number of hydrogen-bond donors (Lipinski definition) is 1. The Hall–Kier alpha value is -2.37. The Bertz CT molecular complexity index is 708. The zero-order valence-electron chi connectivity index (χ0n) is 14.3. The van der Waals surface area contributed by atoms with E-state index in [0.29, 0.717) is 13.2 Å². The predicted octanol–water partition coefficient (Wildman–Crippen LogP) is 3.01. The first-order valence-electron chi connectivity index (χ1n) is 8.26. The van der Waals surface area contributed by atoms with Gasteiger partial charge in [-0.1, -0.05) is 36.4 Å². The second-order valence-corrected chi connectivity index (χ2v) is 6.22. The maximum Gasteiger partial charge on any atom is 0.312 e. The number of hydrogen-bond acceptors (Lipinski definition) is 5. The van der Waals surface area contributed by atoms with E-state index in [1.54, 1.807) is 14.0 Å². The van der Waals surface area contributed by atoms with Crippen LogP contribution in [-0.4, -0.2) is 24.3 Å². The van der Waals surface area contributed by atoms with Crippen LogP contribution in [0.5, 0.6) is 5.75 Å². The van der Waals surface area contributed by atoms with Gasteiger partial charge in [-0.3, -0.25) is 4.79 Å². The zero-order valence-corrected chi connectivity index (χ0v) is 14.3. The van der Waals surface area contributed by atoms with Crippen LogP contribution in [0.3, 0.4) is 0 Å². The molecule has 0 spiro atoms. The first kappa shape index (κ1) is 17.5. The van der Waals surface area contributed by atoms with Crippen molar-refractivity contribution in [3.8, 4) is 5.75 Å². The number of aliphatic hydroxyl groups is 1. The third-order valence-corrected chi connectivity index (χ3v) is 4.44. The number of methoxy groups -OCH3 is 1. The van der Waals surface area contributed by atoms with Gasteiger partial charge in [-0.15, -0.1) is 0 Å². The third-order valence-electron chi connectivity index (χ3n) is 4.44. The molecule has 2 aromatic carbocycles. The van der Waals surface area contributed by atoms with Gasteiger partial charge in [0.15, 0.2) is 6.10 Å². The highest BCUT2D eigenvalue weighted by atomic mass is 16.6. The van der Waals surface area contributed by atoms with Crippen LogP contribution in [0.4, 0.5) is 0 Å². The number of carbonyl (C=O) groups excluding carboxylic acids is 1. The monoisotopic (exact) mass is 342 g/mol. The van der Waals surface area contributed by atoms with E-state index >= 15 is 0 Å². The van der Waals surface area contributed by atoms with Crippen LogP contribution in [0.15, 0.2) is 48.5 Å². The molecule has 0 unspecified atom stereocenters. The minimum atomic E-state index is -0.801. The number of rotatable bonds is 6. The molecule has 0 aliphatic carbocycles. The molecular weight excluding hydrogens is 320 g/mol. The van der Waals surface area contributed by atoms with Gasteiger partial charge in [0.1, 0.15) is 11.9 Å². The van der Waals surface area contributed by atoms with Crippen LogP contribution >= 0.6 is 0 Å². The molecule has 2 aromatic rings. The maximum atomic E-state index is 11.5. The van der Waals surface area contributed by atoms with Crippen molar-refractivity contribution in [2.24, 2.45) is 5.92 Å². The van der Waals surface area contributed by atoms with Crippen molar-refractivity contribution >= 4 is 5.97 Å². The van der Waals surface area contributed by atoms with Gasteiger partial charge >= 0.3 is 5.97 Å². The number of aliphatic hydroxyl groups excluding tert-OH is 1. The highest BCUT2D eigenvalue weighted by Gasteiger charge is 2.41. The van der Waals surface area contributed by atoms with Crippen molar-refractivity contribution in [2.75, 3.05) is 7.11 Å². The lowest BCUT2D eigenvalue weighted by molar-refractivity contribution is -0.144. The standard InChI is InChI=1S/C20H22O5/c1-13-18(21)19(25-20(13)22)16-7-3-14(4-8-16)11-24-12-15-5-9-17(23-2)10-6-15/h3-10,13,18-19,21H,11-12H2,1-2H3/t13-,18-,19-/m1/s1. The second-order valence-electron chi connectivity index (χ2n) is 6.22. The molecule has 1 N–H and O–H groups in total. The Labute approximate surface area is 147 Å². The minimum Gasteiger partial charge on any atom is -0.497 e. The summed E-state index contributed by atoms with van der Waals surface area (Å²) < 4.78 is 16.1. The van der Waals surface area contributed by atoms with E-state index in [0.717, 1.165) is 22.4 Å². The van der Waals surface area contributed by atoms with Crippen LogP contribution in [0.1, 0.15) is 29.7 Å². The summed E-state index contributed by atoms with van der Waals surface area (Å²) in [6.45, 7) is 2.67. The van der Waals surface area contributed by atoms with Crippen molar-refractivity contribution in [3.63, 3.8) is 0 Å². The maximum absolute atomic E-state index is 11.5. The number of ether oxygens (including phenoxy) is 3. The van der Waals surface area contributed by atoms with E-state index in [9.17, 15) is 9.90 Å². The smallest absolute Gasteiger partial charge is 0.312 e. The highest BCUT2D eigenvalue weighted by Crippen LogP contribution is 2.33. The first-order chi connectivity index (χ1) is 12.1. The molecule has 25 heavy (non-hydrogen) atoms. The molecule has 0 bridgehead atoms. The summed E-state index contributed by atoms with van der Waals surface area (Å²) in [5.41, 5.74) is 2.89. The Balaban J connectivity index is 1.53. The topological polar surface area (TPSA) is 65.0 Å². The molecule has 3 atom stereocenters. The molecule has 1 fully saturated rings. The molecule has 132 valence electrons. The fraction of sp³-hybridized carbons (Fsp3) is 0.350. The number of esters is 1. The molecule has 0 amide bonds. The van der Waals surface area contributed by atoms with Crippen LogP contribution < -0.4 is 4.74 Å². The molecule has 1 heterocycles.